The van der Waals surface area contributed by atoms with Gasteiger partial charge in [0, 0.05) is 10.0 Å². The highest BCUT2D eigenvalue weighted by Gasteiger charge is 2.21. The number of carbonyl (C=O) groups is 1. The van der Waals surface area contributed by atoms with Crippen LogP contribution in [-0.2, 0) is 10.3 Å². The Morgan fingerprint density at radius 2 is 1.78 bits per heavy atom. The number of benzene rings is 2. The lowest BCUT2D eigenvalue weighted by Gasteiger charge is -2.27. The van der Waals surface area contributed by atoms with Crippen molar-refractivity contribution in [3.63, 3.8) is 0 Å². The van der Waals surface area contributed by atoms with Crippen molar-refractivity contribution in [1.82, 2.24) is 5.32 Å². The van der Waals surface area contributed by atoms with Crippen molar-refractivity contribution in [2.45, 2.75) is 19.4 Å². The molecule has 0 fully saturated rings. The Kier molecular flexibility index (Phi) is 6.09. The van der Waals surface area contributed by atoms with Crippen molar-refractivity contribution in [1.29, 1.82) is 0 Å². The van der Waals surface area contributed by atoms with Crippen LogP contribution in [0, 0.1) is 0 Å². The van der Waals surface area contributed by atoms with Gasteiger partial charge in [-0.1, -0.05) is 57.3 Å². The molecule has 1 amide bonds. The summed E-state index contributed by atoms with van der Waals surface area (Å²) >= 11 is 15.4. The predicted octanol–water partition coefficient (Wildman–Crippen LogP) is 5.22. The van der Waals surface area contributed by atoms with Gasteiger partial charge in [0.1, 0.15) is 0 Å². The number of anilines is 1. The van der Waals surface area contributed by atoms with E-state index in [2.05, 4.69) is 26.6 Å². The summed E-state index contributed by atoms with van der Waals surface area (Å²) in [5.74, 6) is -0.181. The SMILES string of the molecule is CC(C)(NCC(=O)Nc1cccc(Cl)c1Cl)c1ccc(Br)cc1. The van der Waals surface area contributed by atoms with Crippen LogP contribution in [0.5, 0.6) is 0 Å². The maximum Gasteiger partial charge on any atom is 0.238 e. The molecule has 0 radical (unpaired) electrons. The van der Waals surface area contributed by atoms with Crippen molar-refractivity contribution in [2.75, 3.05) is 11.9 Å². The average Bonchev–Trinajstić information content (AvgIpc) is 2.50. The van der Waals surface area contributed by atoms with E-state index in [9.17, 15) is 4.79 Å². The van der Waals surface area contributed by atoms with Gasteiger partial charge in [-0.05, 0) is 43.7 Å². The summed E-state index contributed by atoms with van der Waals surface area (Å²) in [7, 11) is 0. The van der Waals surface area contributed by atoms with Crippen molar-refractivity contribution < 1.29 is 4.79 Å². The molecule has 23 heavy (non-hydrogen) atoms. The van der Waals surface area contributed by atoms with Crippen LogP contribution < -0.4 is 10.6 Å². The molecule has 0 bridgehead atoms. The van der Waals surface area contributed by atoms with Gasteiger partial charge in [-0.25, -0.2) is 0 Å². The zero-order valence-corrected chi connectivity index (χ0v) is 15.9. The minimum Gasteiger partial charge on any atom is -0.324 e. The van der Waals surface area contributed by atoms with Gasteiger partial charge >= 0.3 is 0 Å². The number of amides is 1. The molecule has 6 heteroatoms. The Bertz CT molecular complexity index is 702. The number of hydrogen-bond acceptors (Lipinski definition) is 2. The Balaban J connectivity index is 1.98. The molecule has 0 unspecified atom stereocenters. The lowest BCUT2D eigenvalue weighted by atomic mass is 9.94. The van der Waals surface area contributed by atoms with Gasteiger partial charge < -0.3 is 5.32 Å². The molecule has 0 aliphatic heterocycles. The molecule has 0 spiro atoms. The topological polar surface area (TPSA) is 41.1 Å². The number of rotatable bonds is 5. The molecule has 2 aromatic carbocycles. The fourth-order valence-corrected chi connectivity index (χ4v) is 2.68. The monoisotopic (exact) mass is 414 g/mol. The van der Waals surface area contributed by atoms with Gasteiger partial charge in [0.25, 0.3) is 0 Å². The molecule has 0 heterocycles. The summed E-state index contributed by atoms with van der Waals surface area (Å²) in [6, 6.07) is 13.1. The molecule has 2 rings (SSSR count). The Morgan fingerprint density at radius 3 is 2.43 bits per heavy atom. The zero-order chi connectivity index (χ0) is 17.0. The van der Waals surface area contributed by atoms with E-state index in [1.54, 1.807) is 18.2 Å². The molecule has 0 aromatic heterocycles. The van der Waals surface area contributed by atoms with E-state index in [1.165, 1.54) is 0 Å². The van der Waals surface area contributed by atoms with E-state index in [1.807, 2.05) is 38.1 Å². The van der Waals surface area contributed by atoms with Crippen LogP contribution in [-0.4, -0.2) is 12.5 Å². The quantitative estimate of drug-likeness (QED) is 0.702. The van der Waals surface area contributed by atoms with Crippen LogP contribution in [0.25, 0.3) is 0 Å². The maximum atomic E-state index is 12.1. The first-order valence-electron chi connectivity index (χ1n) is 7.04. The van der Waals surface area contributed by atoms with Gasteiger partial charge in [0.05, 0.1) is 22.3 Å². The lowest BCUT2D eigenvalue weighted by molar-refractivity contribution is -0.115. The molecular formula is C17H17BrCl2N2O. The normalized spacial score (nSPS) is 11.3. The highest BCUT2D eigenvalue weighted by molar-refractivity contribution is 9.10. The highest BCUT2D eigenvalue weighted by Crippen LogP contribution is 2.29. The maximum absolute atomic E-state index is 12.1. The zero-order valence-electron chi connectivity index (χ0n) is 12.8. The van der Waals surface area contributed by atoms with Crippen LogP contribution in [0.1, 0.15) is 19.4 Å². The van der Waals surface area contributed by atoms with E-state index >= 15 is 0 Å². The van der Waals surface area contributed by atoms with E-state index in [-0.39, 0.29) is 18.0 Å². The molecule has 2 aromatic rings. The molecular weight excluding hydrogens is 399 g/mol. The predicted molar refractivity (Wildman–Crippen MR) is 100 cm³/mol. The standard InChI is InChI=1S/C17H17BrCl2N2O/c1-17(2,11-6-8-12(18)9-7-11)21-10-15(23)22-14-5-3-4-13(19)16(14)20/h3-9,21H,10H2,1-2H3,(H,22,23). The molecule has 0 aliphatic carbocycles. The van der Waals surface area contributed by atoms with Gasteiger partial charge in [-0.15, -0.1) is 0 Å². The molecule has 122 valence electrons. The van der Waals surface area contributed by atoms with E-state index in [0.717, 1.165) is 10.0 Å². The Hall–Kier alpha value is -1.07. The second-order valence-electron chi connectivity index (χ2n) is 5.64. The number of carbonyl (C=O) groups excluding carboxylic acids is 1. The van der Waals surface area contributed by atoms with Crippen molar-refractivity contribution in [2.24, 2.45) is 0 Å². The van der Waals surface area contributed by atoms with Crippen molar-refractivity contribution in [3.05, 3.63) is 62.5 Å². The number of halogens is 3. The second-order valence-corrected chi connectivity index (χ2v) is 7.34. The average molecular weight is 416 g/mol. The molecule has 0 atom stereocenters. The smallest absolute Gasteiger partial charge is 0.238 e. The third-order valence-electron chi connectivity index (χ3n) is 3.48. The molecule has 0 saturated carbocycles. The fourth-order valence-electron chi connectivity index (χ4n) is 2.06. The van der Waals surface area contributed by atoms with Gasteiger partial charge in [-0.2, -0.15) is 0 Å². The third kappa shape index (κ3) is 4.95. The van der Waals surface area contributed by atoms with Crippen LogP contribution in [0.4, 0.5) is 5.69 Å². The fraction of sp³-hybridized carbons (Fsp3) is 0.235. The summed E-state index contributed by atoms with van der Waals surface area (Å²) in [6.45, 7) is 4.21. The third-order valence-corrected chi connectivity index (χ3v) is 4.83. The minimum absolute atomic E-state index is 0.159. The van der Waals surface area contributed by atoms with E-state index < -0.39 is 0 Å². The van der Waals surface area contributed by atoms with Gasteiger partial charge in [0.15, 0.2) is 0 Å². The minimum atomic E-state index is -0.337. The summed E-state index contributed by atoms with van der Waals surface area (Å²) in [6.07, 6.45) is 0. The largest absolute Gasteiger partial charge is 0.324 e. The molecule has 2 N–H and O–H groups in total. The summed E-state index contributed by atoms with van der Waals surface area (Å²) in [5, 5.41) is 6.76. The van der Waals surface area contributed by atoms with Crippen molar-refractivity contribution in [3.8, 4) is 0 Å². The van der Waals surface area contributed by atoms with E-state index in [4.69, 9.17) is 23.2 Å². The van der Waals surface area contributed by atoms with Crippen LogP contribution >= 0.6 is 39.1 Å². The first-order valence-corrected chi connectivity index (χ1v) is 8.59. The first-order chi connectivity index (χ1) is 10.8. The second kappa shape index (κ2) is 7.67. The molecule has 3 nitrogen and oxygen atoms in total. The molecule has 0 saturated heterocycles. The number of nitrogens with one attached hydrogen (secondary N) is 2. The molecule has 0 aliphatic rings. The summed E-state index contributed by atoms with van der Waals surface area (Å²) in [5.41, 5.74) is 1.26. The van der Waals surface area contributed by atoms with E-state index in [0.29, 0.717) is 15.7 Å². The van der Waals surface area contributed by atoms with Gasteiger partial charge in [-0.3, -0.25) is 10.1 Å². The lowest BCUT2D eigenvalue weighted by Crippen LogP contribution is -2.41. The van der Waals surface area contributed by atoms with Crippen molar-refractivity contribution >= 4 is 50.7 Å². The van der Waals surface area contributed by atoms with Gasteiger partial charge in [0.2, 0.25) is 5.91 Å². The summed E-state index contributed by atoms with van der Waals surface area (Å²) < 4.78 is 1.02. The van der Waals surface area contributed by atoms with Crippen LogP contribution in [0.3, 0.4) is 0 Å². The summed E-state index contributed by atoms with van der Waals surface area (Å²) in [4.78, 5) is 12.1. The Labute approximate surface area is 154 Å². The van der Waals surface area contributed by atoms with Crippen LogP contribution in [0.15, 0.2) is 46.9 Å². The highest BCUT2D eigenvalue weighted by atomic mass is 79.9. The van der Waals surface area contributed by atoms with Crippen LogP contribution in [0.2, 0.25) is 10.0 Å². The first kappa shape index (κ1) is 18.3. The number of hydrogen-bond donors (Lipinski definition) is 2. The Morgan fingerprint density at radius 1 is 1.13 bits per heavy atom.